The Morgan fingerprint density at radius 1 is 0.844 bits per heavy atom. The number of nitrogens with one attached hydrogen (secondary N) is 1. The van der Waals surface area contributed by atoms with Gasteiger partial charge in [-0.25, -0.2) is 5.43 Å². The molecule has 1 amide bonds. The number of rotatable bonds is 9. The van der Waals surface area contributed by atoms with Crippen LogP contribution in [-0.2, 0) is 17.8 Å². The molecule has 3 aromatic carbocycles. The largest absolute Gasteiger partial charge is 0.489 e. The quantitative estimate of drug-likeness (QED) is 0.309. The second-order valence-electron chi connectivity index (χ2n) is 6.67. The van der Waals surface area contributed by atoms with E-state index in [-0.39, 0.29) is 30.3 Å². The van der Waals surface area contributed by atoms with Crippen LogP contribution in [0.2, 0.25) is 0 Å². The maximum absolute atomic E-state index is 11.9. The molecular weight excluding hydrogens is 416 g/mol. The fourth-order valence-electron chi connectivity index (χ4n) is 2.67. The lowest BCUT2D eigenvalue weighted by molar-refractivity contribution is -0.385. The summed E-state index contributed by atoms with van der Waals surface area (Å²) in [5.41, 5.74) is 4.58. The number of hydrogen-bond acceptors (Lipinski definition) is 7. The molecule has 0 aliphatic carbocycles. The molecule has 0 radical (unpaired) electrons. The van der Waals surface area contributed by atoms with Crippen molar-refractivity contribution in [1.82, 2.24) is 5.43 Å². The molecule has 0 saturated carbocycles. The van der Waals surface area contributed by atoms with Crippen molar-refractivity contribution in [2.75, 3.05) is 0 Å². The summed E-state index contributed by atoms with van der Waals surface area (Å²) in [6, 6.07) is 18.9. The van der Waals surface area contributed by atoms with Gasteiger partial charge in [-0.1, -0.05) is 12.1 Å². The predicted octanol–water partition coefficient (Wildman–Crippen LogP) is 3.77. The van der Waals surface area contributed by atoms with Crippen molar-refractivity contribution < 1.29 is 19.4 Å². The van der Waals surface area contributed by atoms with Gasteiger partial charge in [0.25, 0.3) is 11.4 Å². The van der Waals surface area contributed by atoms with Gasteiger partial charge in [0.2, 0.25) is 5.91 Å². The molecule has 0 bridgehead atoms. The maximum atomic E-state index is 11.9. The predicted molar refractivity (Wildman–Crippen MR) is 116 cm³/mol. The highest BCUT2D eigenvalue weighted by molar-refractivity contribution is 5.83. The summed E-state index contributed by atoms with van der Waals surface area (Å²) in [6.07, 6.45) is 1.53. The van der Waals surface area contributed by atoms with Gasteiger partial charge < -0.3 is 4.74 Å². The molecule has 0 spiro atoms. The maximum Gasteiger partial charge on any atom is 0.269 e. The fourth-order valence-corrected chi connectivity index (χ4v) is 2.67. The van der Waals surface area contributed by atoms with E-state index in [9.17, 15) is 25.0 Å². The first-order valence-corrected chi connectivity index (χ1v) is 9.42. The van der Waals surface area contributed by atoms with Crippen molar-refractivity contribution in [3.05, 3.63) is 110 Å². The van der Waals surface area contributed by atoms with Gasteiger partial charge in [-0.3, -0.25) is 25.0 Å². The minimum absolute atomic E-state index is 0.0252. The van der Waals surface area contributed by atoms with Crippen molar-refractivity contribution in [2.24, 2.45) is 5.10 Å². The summed E-state index contributed by atoms with van der Waals surface area (Å²) in [4.78, 5) is 32.3. The van der Waals surface area contributed by atoms with Crippen LogP contribution in [0.3, 0.4) is 0 Å². The average molecular weight is 434 g/mol. The van der Waals surface area contributed by atoms with E-state index in [1.54, 1.807) is 36.4 Å². The summed E-state index contributed by atoms with van der Waals surface area (Å²) in [6.45, 7) is 0.268. The van der Waals surface area contributed by atoms with Crippen LogP contribution in [0, 0.1) is 20.2 Å². The van der Waals surface area contributed by atoms with Gasteiger partial charge in [0, 0.05) is 24.3 Å². The van der Waals surface area contributed by atoms with Gasteiger partial charge in [0.1, 0.15) is 12.4 Å². The summed E-state index contributed by atoms with van der Waals surface area (Å²) in [7, 11) is 0. The SMILES string of the molecule is O=C(Cc1ccc([N+](=O)[O-])cc1)N/N=C\c1ccc(OCc2ccc([N+](=O)[O-])cc2)cc1. The lowest BCUT2D eigenvalue weighted by Gasteiger charge is -2.06. The van der Waals surface area contributed by atoms with E-state index < -0.39 is 9.85 Å². The number of non-ortho nitro benzene ring substituents is 2. The van der Waals surface area contributed by atoms with Crippen LogP contribution in [0.15, 0.2) is 77.9 Å². The lowest BCUT2D eigenvalue weighted by Crippen LogP contribution is -2.19. The van der Waals surface area contributed by atoms with Gasteiger partial charge in [-0.05, 0) is 53.1 Å². The monoisotopic (exact) mass is 434 g/mol. The van der Waals surface area contributed by atoms with Gasteiger partial charge in [-0.2, -0.15) is 5.10 Å². The molecule has 0 fully saturated rings. The van der Waals surface area contributed by atoms with Crippen molar-refractivity contribution in [2.45, 2.75) is 13.0 Å². The van der Waals surface area contributed by atoms with Crippen molar-refractivity contribution in [3.63, 3.8) is 0 Å². The van der Waals surface area contributed by atoms with Crippen LogP contribution in [0.4, 0.5) is 11.4 Å². The molecular formula is C22H18N4O6. The number of carbonyl (C=O) groups excluding carboxylic acids is 1. The summed E-state index contributed by atoms with van der Waals surface area (Å²) in [5.74, 6) is 0.265. The molecule has 0 aliphatic heterocycles. The highest BCUT2D eigenvalue weighted by Gasteiger charge is 2.07. The Hall–Kier alpha value is -4.60. The van der Waals surface area contributed by atoms with Gasteiger partial charge in [0.15, 0.2) is 0 Å². The van der Waals surface area contributed by atoms with E-state index in [2.05, 4.69) is 10.5 Å². The Bertz CT molecular complexity index is 1130. The number of hydrazone groups is 1. The van der Waals surface area contributed by atoms with E-state index in [1.807, 2.05) is 0 Å². The molecule has 0 aromatic heterocycles. The number of ether oxygens (including phenoxy) is 1. The topological polar surface area (TPSA) is 137 Å². The molecule has 0 unspecified atom stereocenters. The van der Waals surface area contributed by atoms with Crippen LogP contribution < -0.4 is 10.2 Å². The fraction of sp³-hybridized carbons (Fsp3) is 0.0909. The lowest BCUT2D eigenvalue weighted by atomic mass is 10.1. The molecule has 3 rings (SSSR count). The normalized spacial score (nSPS) is 10.6. The molecule has 162 valence electrons. The molecule has 0 heterocycles. The minimum Gasteiger partial charge on any atom is -0.489 e. The summed E-state index contributed by atoms with van der Waals surface area (Å²) >= 11 is 0. The molecule has 10 heteroatoms. The van der Waals surface area contributed by atoms with E-state index in [0.717, 1.165) is 11.1 Å². The number of nitro benzene ring substituents is 2. The average Bonchev–Trinajstić information content (AvgIpc) is 2.79. The Labute approximate surface area is 182 Å². The first kappa shape index (κ1) is 22.1. The zero-order valence-electron chi connectivity index (χ0n) is 16.7. The number of nitrogens with zero attached hydrogens (tertiary/aromatic N) is 3. The second kappa shape index (κ2) is 10.4. The number of benzene rings is 3. The van der Waals surface area contributed by atoms with E-state index in [1.165, 1.54) is 42.6 Å². The van der Waals surface area contributed by atoms with E-state index >= 15 is 0 Å². The van der Waals surface area contributed by atoms with Crippen molar-refractivity contribution in [3.8, 4) is 5.75 Å². The van der Waals surface area contributed by atoms with Crippen LogP contribution in [0.5, 0.6) is 5.75 Å². The molecule has 1 N–H and O–H groups in total. The third kappa shape index (κ3) is 6.46. The van der Waals surface area contributed by atoms with E-state index in [0.29, 0.717) is 11.3 Å². The van der Waals surface area contributed by atoms with Crippen LogP contribution in [-0.4, -0.2) is 22.0 Å². The van der Waals surface area contributed by atoms with Crippen LogP contribution in [0.25, 0.3) is 0 Å². The standard InChI is InChI=1S/C22H18N4O6/c27-22(13-16-1-7-19(8-2-16)25(28)29)24-23-14-17-5-11-21(12-6-17)32-15-18-3-9-20(10-4-18)26(30)31/h1-12,14H,13,15H2,(H,24,27)/b23-14-. The number of amides is 1. The van der Waals surface area contributed by atoms with Gasteiger partial charge in [0.05, 0.1) is 22.5 Å². The summed E-state index contributed by atoms with van der Waals surface area (Å²) in [5, 5.41) is 25.2. The Balaban J connectivity index is 1.45. The third-order valence-electron chi connectivity index (χ3n) is 4.35. The van der Waals surface area contributed by atoms with Crippen LogP contribution >= 0.6 is 0 Å². The Kier molecular flexibility index (Phi) is 7.20. The smallest absolute Gasteiger partial charge is 0.269 e. The first-order chi connectivity index (χ1) is 15.4. The zero-order valence-corrected chi connectivity index (χ0v) is 16.7. The van der Waals surface area contributed by atoms with Gasteiger partial charge in [-0.15, -0.1) is 0 Å². The van der Waals surface area contributed by atoms with Crippen molar-refractivity contribution in [1.29, 1.82) is 0 Å². The molecule has 3 aromatic rings. The number of carbonyl (C=O) groups is 1. The zero-order chi connectivity index (χ0) is 22.9. The van der Waals surface area contributed by atoms with Gasteiger partial charge >= 0.3 is 0 Å². The minimum atomic E-state index is -0.500. The highest BCUT2D eigenvalue weighted by atomic mass is 16.6. The molecule has 0 aliphatic rings. The number of nitro groups is 2. The third-order valence-corrected chi connectivity index (χ3v) is 4.35. The molecule has 32 heavy (non-hydrogen) atoms. The Morgan fingerprint density at radius 2 is 1.38 bits per heavy atom. The summed E-state index contributed by atoms with van der Waals surface area (Å²) < 4.78 is 5.65. The number of hydrogen-bond donors (Lipinski definition) is 1. The van der Waals surface area contributed by atoms with Crippen LogP contribution in [0.1, 0.15) is 16.7 Å². The molecule has 0 saturated heterocycles. The molecule has 0 atom stereocenters. The Morgan fingerprint density at radius 3 is 1.91 bits per heavy atom. The highest BCUT2D eigenvalue weighted by Crippen LogP contribution is 2.16. The first-order valence-electron chi connectivity index (χ1n) is 9.42. The molecule has 10 nitrogen and oxygen atoms in total. The second-order valence-corrected chi connectivity index (χ2v) is 6.67. The van der Waals surface area contributed by atoms with E-state index in [4.69, 9.17) is 4.74 Å². The van der Waals surface area contributed by atoms with Crippen molar-refractivity contribution >= 4 is 23.5 Å².